The predicted molar refractivity (Wildman–Crippen MR) is 47.6 cm³/mol. The average Bonchev–Trinajstić information content (AvgIpc) is 2.52. The molecule has 0 spiro atoms. The molecular formula is C9H19N2. The van der Waals surface area contributed by atoms with Crippen LogP contribution < -0.4 is 5.32 Å². The van der Waals surface area contributed by atoms with Crippen LogP contribution in [-0.4, -0.2) is 31.2 Å². The first-order chi connectivity index (χ1) is 5.34. The second-order valence-corrected chi connectivity index (χ2v) is 3.36. The third kappa shape index (κ3) is 2.80. The van der Waals surface area contributed by atoms with Crippen LogP contribution in [0.1, 0.15) is 32.6 Å². The Hall–Kier alpha value is -0.0800. The molecule has 1 rings (SSSR count). The van der Waals surface area contributed by atoms with Crippen molar-refractivity contribution in [2.75, 3.05) is 20.1 Å². The van der Waals surface area contributed by atoms with E-state index < -0.39 is 0 Å². The molecule has 1 aliphatic rings. The van der Waals surface area contributed by atoms with Gasteiger partial charge in [-0.3, -0.25) is 4.90 Å². The quantitative estimate of drug-likeness (QED) is 0.600. The minimum absolute atomic E-state index is 0.543. The van der Waals surface area contributed by atoms with Gasteiger partial charge in [-0.25, -0.2) is 5.32 Å². The van der Waals surface area contributed by atoms with Gasteiger partial charge in [0.1, 0.15) is 0 Å². The number of unbranched alkanes of at least 4 members (excludes halogenated alkanes) is 1. The Morgan fingerprint density at radius 1 is 1.55 bits per heavy atom. The lowest BCUT2D eigenvalue weighted by molar-refractivity contribution is 0.219. The van der Waals surface area contributed by atoms with Crippen LogP contribution in [0.5, 0.6) is 0 Å². The van der Waals surface area contributed by atoms with Crippen molar-refractivity contribution in [2.24, 2.45) is 0 Å². The highest BCUT2D eigenvalue weighted by molar-refractivity contribution is 4.72. The molecule has 1 saturated heterocycles. The first-order valence-corrected chi connectivity index (χ1v) is 4.71. The molecule has 0 aromatic carbocycles. The largest absolute Gasteiger partial charge is 0.290 e. The van der Waals surface area contributed by atoms with Crippen molar-refractivity contribution in [3.63, 3.8) is 0 Å². The van der Waals surface area contributed by atoms with Crippen LogP contribution in [-0.2, 0) is 0 Å². The molecule has 0 amide bonds. The first-order valence-electron chi connectivity index (χ1n) is 4.71. The van der Waals surface area contributed by atoms with Gasteiger partial charge in [0.05, 0.1) is 6.17 Å². The van der Waals surface area contributed by atoms with Gasteiger partial charge in [-0.15, -0.1) is 0 Å². The smallest absolute Gasteiger partial charge is 0.0758 e. The van der Waals surface area contributed by atoms with E-state index in [1.54, 1.807) is 0 Å². The SMILES string of the molecule is CCCCN(C)C1CCC[N]1. The fraction of sp³-hybridized carbons (Fsp3) is 1.00. The zero-order chi connectivity index (χ0) is 8.10. The number of nitrogens with zero attached hydrogens (tertiary/aromatic N) is 2. The summed E-state index contributed by atoms with van der Waals surface area (Å²) in [6.45, 7) is 4.53. The summed E-state index contributed by atoms with van der Waals surface area (Å²) in [6, 6.07) is 0. The molecule has 1 unspecified atom stereocenters. The van der Waals surface area contributed by atoms with Gasteiger partial charge in [0.15, 0.2) is 0 Å². The molecule has 0 aromatic rings. The third-order valence-electron chi connectivity index (χ3n) is 2.33. The summed E-state index contributed by atoms with van der Waals surface area (Å²) in [7, 11) is 2.19. The van der Waals surface area contributed by atoms with E-state index in [9.17, 15) is 0 Å². The maximum atomic E-state index is 4.51. The van der Waals surface area contributed by atoms with Crippen molar-refractivity contribution in [3.8, 4) is 0 Å². The van der Waals surface area contributed by atoms with E-state index in [0.29, 0.717) is 6.17 Å². The monoisotopic (exact) mass is 155 g/mol. The van der Waals surface area contributed by atoms with Crippen molar-refractivity contribution in [1.82, 2.24) is 10.2 Å². The van der Waals surface area contributed by atoms with E-state index in [0.717, 1.165) is 6.54 Å². The molecule has 2 heteroatoms. The van der Waals surface area contributed by atoms with Gasteiger partial charge in [-0.1, -0.05) is 13.3 Å². The van der Waals surface area contributed by atoms with Gasteiger partial charge in [-0.05, 0) is 32.9 Å². The first kappa shape index (κ1) is 9.01. The van der Waals surface area contributed by atoms with Crippen LogP contribution in [0.4, 0.5) is 0 Å². The summed E-state index contributed by atoms with van der Waals surface area (Å²) in [5.41, 5.74) is 0. The van der Waals surface area contributed by atoms with Gasteiger partial charge < -0.3 is 0 Å². The lowest BCUT2D eigenvalue weighted by Gasteiger charge is -2.22. The predicted octanol–water partition coefficient (Wildman–Crippen LogP) is 1.44. The highest BCUT2D eigenvalue weighted by Gasteiger charge is 2.18. The summed E-state index contributed by atoms with van der Waals surface area (Å²) in [6.07, 6.45) is 5.71. The molecule has 11 heavy (non-hydrogen) atoms. The van der Waals surface area contributed by atoms with Crippen LogP contribution in [0.15, 0.2) is 0 Å². The Morgan fingerprint density at radius 3 is 2.91 bits per heavy atom. The molecule has 1 aliphatic heterocycles. The van der Waals surface area contributed by atoms with Gasteiger partial charge in [-0.2, -0.15) is 0 Å². The topological polar surface area (TPSA) is 17.3 Å². The Bertz CT molecular complexity index is 97.7. The highest BCUT2D eigenvalue weighted by atomic mass is 15.3. The van der Waals surface area contributed by atoms with Crippen molar-refractivity contribution in [1.29, 1.82) is 0 Å². The van der Waals surface area contributed by atoms with Crippen molar-refractivity contribution < 1.29 is 0 Å². The molecule has 0 aliphatic carbocycles. The summed E-state index contributed by atoms with van der Waals surface area (Å²) in [5.74, 6) is 0. The minimum atomic E-state index is 0.543. The van der Waals surface area contributed by atoms with Crippen LogP contribution in [0, 0.1) is 0 Å². The molecule has 1 fully saturated rings. The fourth-order valence-corrected chi connectivity index (χ4v) is 1.52. The Balaban J connectivity index is 2.12. The number of rotatable bonds is 4. The maximum Gasteiger partial charge on any atom is 0.0758 e. The summed E-state index contributed by atoms with van der Waals surface area (Å²) in [5, 5.41) is 4.51. The Labute approximate surface area is 70.0 Å². The lowest BCUT2D eigenvalue weighted by atomic mass is 10.3. The zero-order valence-electron chi connectivity index (χ0n) is 7.71. The van der Waals surface area contributed by atoms with Gasteiger partial charge in [0.2, 0.25) is 0 Å². The number of hydrogen-bond acceptors (Lipinski definition) is 1. The molecular weight excluding hydrogens is 136 g/mol. The molecule has 0 saturated carbocycles. The van der Waals surface area contributed by atoms with E-state index in [4.69, 9.17) is 0 Å². The van der Waals surface area contributed by atoms with Crippen LogP contribution >= 0.6 is 0 Å². The van der Waals surface area contributed by atoms with Gasteiger partial charge in [0.25, 0.3) is 0 Å². The third-order valence-corrected chi connectivity index (χ3v) is 2.33. The van der Waals surface area contributed by atoms with Crippen molar-refractivity contribution >= 4 is 0 Å². The maximum absolute atomic E-state index is 4.51. The molecule has 1 heterocycles. The minimum Gasteiger partial charge on any atom is -0.290 e. The van der Waals surface area contributed by atoms with E-state index in [2.05, 4.69) is 24.2 Å². The second kappa shape index (κ2) is 4.73. The van der Waals surface area contributed by atoms with Crippen molar-refractivity contribution in [3.05, 3.63) is 0 Å². The molecule has 2 nitrogen and oxygen atoms in total. The summed E-state index contributed by atoms with van der Waals surface area (Å²) in [4.78, 5) is 2.39. The van der Waals surface area contributed by atoms with E-state index in [1.807, 2.05) is 0 Å². The van der Waals surface area contributed by atoms with Gasteiger partial charge >= 0.3 is 0 Å². The zero-order valence-corrected chi connectivity index (χ0v) is 7.71. The average molecular weight is 155 g/mol. The fourth-order valence-electron chi connectivity index (χ4n) is 1.52. The highest BCUT2D eigenvalue weighted by Crippen LogP contribution is 2.10. The molecule has 0 N–H and O–H groups in total. The van der Waals surface area contributed by atoms with Gasteiger partial charge in [0, 0.05) is 6.54 Å². The van der Waals surface area contributed by atoms with Crippen LogP contribution in [0.3, 0.4) is 0 Å². The normalized spacial score (nSPS) is 24.8. The Kier molecular flexibility index (Phi) is 3.87. The summed E-state index contributed by atoms with van der Waals surface area (Å²) >= 11 is 0. The van der Waals surface area contributed by atoms with E-state index >= 15 is 0 Å². The van der Waals surface area contributed by atoms with Crippen molar-refractivity contribution in [2.45, 2.75) is 38.8 Å². The molecule has 0 aromatic heterocycles. The van der Waals surface area contributed by atoms with Crippen LogP contribution in [0.2, 0.25) is 0 Å². The van der Waals surface area contributed by atoms with E-state index in [-0.39, 0.29) is 0 Å². The Morgan fingerprint density at radius 2 is 2.36 bits per heavy atom. The second-order valence-electron chi connectivity index (χ2n) is 3.36. The summed E-state index contributed by atoms with van der Waals surface area (Å²) < 4.78 is 0. The van der Waals surface area contributed by atoms with Crippen LogP contribution in [0.25, 0.3) is 0 Å². The standard InChI is InChI=1S/C9H19N2/c1-3-4-8-11(2)9-6-5-7-10-9/h9H,3-8H2,1-2H3. The molecule has 65 valence electrons. The van der Waals surface area contributed by atoms with E-state index in [1.165, 1.54) is 32.2 Å². The number of hydrogen-bond donors (Lipinski definition) is 0. The lowest BCUT2D eigenvalue weighted by Crippen LogP contribution is -2.35. The molecule has 1 atom stereocenters. The molecule has 0 bridgehead atoms. The molecule has 1 radical (unpaired) electrons.